The van der Waals surface area contributed by atoms with Crippen LogP contribution in [0.15, 0.2) is 48.8 Å². The third kappa shape index (κ3) is 3.37. The Hall–Kier alpha value is -2.96. The Kier molecular flexibility index (Phi) is 4.30. The topological polar surface area (TPSA) is 41.1 Å². The third-order valence-corrected chi connectivity index (χ3v) is 4.84. The van der Waals surface area contributed by atoms with Gasteiger partial charge in [0, 0.05) is 41.9 Å². The van der Waals surface area contributed by atoms with Crippen LogP contribution in [0.25, 0.3) is 16.5 Å². The Balaban J connectivity index is 1.55. The van der Waals surface area contributed by atoms with Crippen LogP contribution in [0.1, 0.15) is 17.5 Å². The fourth-order valence-electron chi connectivity index (χ4n) is 3.36. The van der Waals surface area contributed by atoms with Crippen LogP contribution < -0.4 is 9.64 Å². The summed E-state index contributed by atoms with van der Waals surface area (Å²) in [5.41, 5.74) is 2.65. The molecule has 140 valence electrons. The van der Waals surface area contributed by atoms with Gasteiger partial charge in [-0.15, -0.1) is 0 Å². The number of aromatic amines is 1. The predicted octanol–water partition coefficient (Wildman–Crippen LogP) is 4.88. The van der Waals surface area contributed by atoms with Crippen LogP contribution in [-0.4, -0.2) is 30.2 Å². The number of H-pyrrole nitrogens is 1. The van der Waals surface area contributed by atoms with E-state index in [-0.39, 0.29) is 0 Å². The van der Waals surface area contributed by atoms with Crippen molar-refractivity contribution in [3.63, 3.8) is 0 Å². The predicted molar refractivity (Wildman–Crippen MR) is 98.9 cm³/mol. The quantitative estimate of drug-likeness (QED) is 0.711. The summed E-state index contributed by atoms with van der Waals surface area (Å²) in [6.45, 7) is 1.30. The highest BCUT2D eigenvalue weighted by molar-refractivity contribution is 5.93. The minimum Gasteiger partial charge on any atom is -0.497 e. The lowest BCUT2D eigenvalue weighted by atomic mass is 9.99. The van der Waals surface area contributed by atoms with Crippen LogP contribution in [0.4, 0.5) is 19.0 Å². The first-order valence-corrected chi connectivity index (χ1v) is 8.58. The SMILES string of the molecule is COc1ccc2[nH]cc(C3=CCN(c4ccc(C(F)(F)F)cn4)CC3)c2c1. The van der Waals surface area contributed by atoms with E-state index in [4.69, 9.17) is 4.74 Å². The van der Waals surface area contributed by atoms with E-state index in [0.717, 1.165) is 40.9 Å². The number of ether oxygens (including phenoxy) is 1. The molecule has 1 aliphatic rings. The van der Waals surface area contributed by atoms with Crippen LogP contribution in [-0.2, 0) is 6.18 Å². The molecule has 4 nitrogen and oxygen atoms in total. The first-order valence-electron chi connectivity index (χ1n) is 8.58. The number of nitrogens with zero attached hydrogens (tertiary/aromatic N) is 2. The molecule has 0 aliphatic carbocycles. The molecular weight excluding hydrogens is 355 g/mol. The first kappa shape index (κ1) is 17.5. The van der Waals surface area contributed by atoms with Crippen molar-refractivity contribution in [3.8, 4) is 5.75 Å². The molecule has 0 saturated heterocycles. The van der Waals surface area contributed by atoms with E-state index < -0.39 is 11.7 Å². The summed E-state index contributed by atoms with van der Waals surface area (Å²) in [6, 6.07) is 8.41. The molecule has 1 aromatic carbocycles. The molecule has 0 bridgehead atoms. The van der Waals surface area contributed by atoms with Crippen LogP contribution in [0.3, 0.4) is 0 Å². The Morgan fingerprint density at radius 1 is 1.19 bits per heavy atom. The van der Waals surface area contributed by atoms with Gasteiger partial charge in [0.15, 0.2) is 0 Å². The third-order valence-electron chi connectivity index (χ3n) is 4.84. The molecule has 4 rings (SSSR count). The lowest BCUT2D eigenvalue weighted by Crippen LogP contribution is -2.29. The molecule has 0 radical (unpaired) electrons. The van der Waals surface area contributed by atoms with Crippen LogP contribution >= 0.6 is 0 Å². The van der Waals surface area contributed by atoms with E-state index in [9.17, 15) is 13.2 Å². The number of alkyl halides is 3. The van der Waals surface area contributed by atoms with Crippen molar-refractivity contribution in [3.05, 3.63) is 59.9 Å². The number of benzene rings is 1. The van der Waals surface area contributed by atoms with Gasteiger partial charge in [0.25, 0.3) is 0 Å². The maximum Gasteiger partial charge on any atom is 0.417 e. The summed E-state index contributed by atoms with van der Waals surface area (Å²) in [5.74, 6) is 1.36. The number of pyridine rings is 1. The summed E-state index contributed by atoms with van der Waals surface area (Å²) in [5, 5.41) is 1.10. The van der Waals surface area contributed by atoms with E-state index in [1.807, 2.05) is 29.3 Å². The molecule has 0 atom stereocenters. The number of hydrogen-bond acceptors (Lipinski definition) is 3. The van der Waals surface area contributed by atoms with Gasteiger partial charge < -0.3 is 14.6 Å². The molecule has 7 heteroatoms. The van der Waals surface area contributed by atoms with Crippen LogP contribution in [0, 0.1) is 0 Å². The molecule has 3 aromatic rings. The number of hydrogen-bond donors (Lipinski definition) is 1. The van der Waals surface area contributed by atoms with Gasteiger partial charge in [-0.1, -0.05) is 6.08 Å². The second-order valence-electron chi connectivity index (χ2n) is 6.44. The Morgan fingerprint density at radius 2 is 2.04 bits per heavy atom. The van der Waals surface area contributed by atoms with Gasteiger partial charge in [0.1, 0.15) is 11.6 Å². The molecule has 1 aliphatic heterocycles. The number of aromatic nitrogens is 2. The maximum absolute atomic E-state index is 12.7. The summed E-state index contributed by atoms with van der Waals surface area (Å²) >= 11 is 0. The van der Waals surface area contributed by atoms with Gasteiger partial charge in [0.2, 0.25) is 0 Å². The molecule has 27 heavy (non-hydrogen) atoms. The molecule has 0 saturated carbocycles. The van der Waals surface area contributed by atoms with E-state index in [1.54, 1.807) is 7.11 Å². The van der Waals surface area contributed by atoms with Gasteiger partial charge in [-0.2, -0.15) is 13.2 Å². The number of anilines is 1. The van der Waals surface area contributed by atoms with Crippen LogP contribution in [0.5, 0.6) is 5.75 Å². The van der Waals surface area contributed by atoms with Crippen molar-refractivity contribution in [2.45, 2.75) is 12.6 Å². The first-order chi connectivity index (χ1) is 13.0. The van der Waals surface area contributed by atoms with Crippen molar-refractivity contribution < 1.29 is 17.9 Å². The molecule has 3 heterocycles. The molecule has 0 unspecified atom stereocenters. The highest BCUT2D eigenvalue weighted by Crippen LogP contribution is 2.33. The Bertz CT molecular complexity index is 990. The largest absolute Gasteiger partial charge is 0.497 e. The number of nitrogens with one attached hydrogen (secondary N) is 1. The van der Waals surface area contributed by atoms with Crippen molar-refractivity contribution in [1.82, 2.24) is 9.97 Å². The van der Waals surface area contributed by atoms with Crippen molar-refractivity contribution in [1.29, 1.82) is 0 Å². The number of fused-ring (bicyclic) bond motifs is 1. The van der Waals surface area contributed by atoms with Crippen molar-refractivity contribution in [2.24, 2.45) is 0 Å². The summed E-state index contributed by atoms with van der Waals surface area (Å²) in [4.78, 5) is 9.23. The zero-order chi connectivity index (χ0) is 19.0. The van der Waals surface area contributed by atoms with Gasteiger partial charge in [-0.3, -0.25) is 0 Å². The van der Waals surface area contributed by atoms with Gasteiger partial charge in [-0.25, -0.2) is 4.98 Å². The van der Waals surface area contributed by atoms with Gasteiger partial charge in [0.05, 0.1) is 12.7 Å². The number of halogens is 3. The minimum absolute atomic E-state index is 0.555. The van der Waals surface area contributed by atoms with E-state index in [1.165, 1.54) is 11.6 Å². The summed E-state index contributed by atoms with van der Waals surface area (Å²) in [7, 11) is 1.64. The monoisotopic (exact) mass is 373 g/mol. The normalized spacial score (nSPS) is 15.1. The Labute approximate surface area is 154 Å². The van der Waals surface area contributed by atoms with E-state index >= 15 is 0 Å². The highest BCUT2D eigenvalue weighted by Gasteiger charge is 2.31. The van der Waals surface area contributed by atoms with Gasteiger partial charge in [-0.05, 0) is 42.3 Å². The lowest BCUT2D eigenvalue weighted by molar-refractivity contribution is -0.137. The van der Waals surface area contributed by atoms with Crippen LogP contribution in [0.2, 0.25) is 0 Å². The second kappa shape index (κ2) is 6.64. The fourth-order valence-corrected chi connectivity index (χ4v) is 3.36. The van der Waals surface area contributed by atoms with Gasteiger partial charge >= 0.3 is 6.18 Å². The minimum atomic E-state index is -4.36. The smallest absolute Gasteiger partial charge is 0.417 e. The zero-order valence-electron chi connectivity index (χ0n) is 14.7. The van der Waals surface area contributed by atoms with E-state index in [0.29, 0.717) is 18.9 Å². The average molecular weight is 373 g/mol. The van der Waals surface area contributed by atoms with E-state index in [2.05, 4.69) is 16.0 Å². The Morgan fingerprint density at radius 3 is 2.67 bits per heavy atom. The standard InChI is InChI=1S/C20H18F3N3O/c1-27-15-3-4-18-16(10-15)17(12-24-18)13-6-8-26(9-7-13)19-5-2-14(11-25-19)20(21,22)23/h2-6,10-12,24H,7-9H2,1H3. The zero-order valence-corrected chi connectivity index (χ0v) is 14.7. The lowest BCUT2D eigenvalue weighted by Gasteiger charge is -2.27. The number of methoxy groups -OCH3 is 1. The highest BCUT2D eigenvalue weighted by atomic mass is 19.4. The molecular formula is C20H18F3N3O. The van der Waals surface area contributed by atoms with Crippen molar-refractivity contribution >= 4 is 22.3 Å². The molecule has 0 amide bonds. The summed E-state index contributed by atoms with van der Waals surface area (Å²) in [6.07, 6.45) is 1.40. The van der Waals surface area contributed by atoms with Crippen molar-refractivity contribution in [2.75, 3.05) is 25.1 Å². The molecule has 0 fully saturated rings. The second-order valence-corrected chi connectivity index (χ2v) is 6.44. The maximum atomic E-state index is 12.7. The molecule has 0 spiro atoms. The summed E-state index contributed by atoms with van der Waals surface area (Å²) < 4.78 is 43.3. The number of rotatable bonds is 3. The molecule has 1 N–H and O–H groups in total. The average Bonchev–Trinajstić information content (AvgIpc) is 3.10. The fraction of sp³-hybridized carbons (Fsp3) is 0.250. The molecule has 2 aromatic heterocycles.